The van der Waals surface area contributed by atoms with E-state index in [2.05, 4.69) is 22.7 Å². The van der Waals surface area contributed by atoms with E-state index in [-0.39, 0.29) is 5.56 Å². The standard InChI is InChI=1S/C24H26N2O6S2/c1-4-26(5-2)20-12-10-19(11-13-20)24(18-8-6-17(3)7-9-18)22-15-14-21(34(30,31)32-25)16-23(22)33(27,28)29/h6-16H,4-5,25H2,1-3H3/p+1. The van der Waals surface area contributed by atoms with Gasteiger partial charge >= 0.3 is 10.1 Å². The molecule has 0 unspecified atom stereocenters. The highest BCUT2D eigenvalue weighted by atomic mass is 32.2. The number of hydrogen-bond acceptors (Lipinski definition) is 6. The molecule has 0 aromatic heterocycles. The number of hydrogen-bond donors (Lipinski definition) is 2. The smallest absolute Gasteiger partial charge is 0.282 e. The van der Waals surface area contributed by atoms with Crippen LogP contribution in [-0.4, -0.2) is 44.8 Å². The van der Waals surface area contributed by atoms with E-state index in [0.29, 0.717) is 16.7 Å². The molecular weight excluding hydrogens is 476 g/mol. The Bertz CT molecular complexity index is 1410. The van der Waals surface area contributed by atoms with Crippen LogP contribution in [0.5, 0.6) is 0 Å². The van der Waals surface area contributed by atoms with Gasteiger partial charge < -0.3 is 0 Å². The first-order valence-electron chi connectivity index (χ1n) is 10.6. The highest BCUT2D eigenvalue weighted by Crippen LogP contribution is 2.35. The molecule has 180 valence electrons. The van der Waals surface area contributed by atoms with Gasteiger partial charge in [0, 0.05) is 17.7 Å². The predicted octanol–water partition coefficient (Wildman–Crippen LogP) is 3.24. The van der Waals surface area contributed by atoms with E-state index >= 15 is 0 Å². The summed E-state index contributed by atoms with van der Waals surface area (Å²) in [4.78, 5) is -1.07. The van der Waals surface area contributed by atoms with Crippen LogP contribution in [0, 0.1) is 6.92 Å². The predicted molar refractivity (Wildman–Crippen MR) is 131 cm³/mol. The molecule has 34 heavy (non-hydrogen) atoms. The van der Waals surface area contributed by atoms with Gasteiger partial charge in [-0.15, -0.1) is 0 Å². The summed E-state index contributed by atoms with van der Waals surface area (Å²) in [5.41, 5.74) is 4.05. The van der Waals surface area contributed by atoms with Crippen LogP contribution in [-0.2, 0) is 24.5 Å². The minimum atomic E-state index is -4.81. The quantitative estimate of drug-likeness (QED) is 0.337. The van der Waals surface area contributed by atoms with Crippen molar-refractivity contribution >= 4 is 31.5 Å². The molecule has 8 nitrogen and oxygen atoms in total. The van der Waals surface area contributed by atoms with Crippen LogP contribution in [0.2, 0.25) is 0 Å². The zero-order valence-corrected chi connectivity index (χ0v) is 20.7. The van der Waals surface area contributed by atoms with Crippen molar-refractivity contribution in [3.8, 4) is 0 Å². The number of rotatable bonds is 7. The molecule has 0 aliphatic heterocycles. The summed E-state index contributed by atoms with van der Waals surface area (Å²) in [6.07, 6.45) is 7.60. The highest BCUT2D eigenvalue weighted by Gasteiger charge is 2.25. The third-order valence-corrected chi connectivity index (χ3v) is 7.52. The van der Waals surface area contributed by atoms with Crippen molar-refractivity contribution in [2.24, 2.45) is 5.90 Å². The molecule has 2 aromatic carbocycles. The lowest BCUT2D eigenvalue weighted by molar-refractivity contribution is -0.519. The molecule has 0 saturated heterocycles. The zero-order valence-electron chi connectivity index (χ0n) is 19.1. The van der Waals surface area contributed by atoms with Crippen molar-refractivity contribution in [1.29, 1.82) is 0 Å². The van der Waals surface area contributed by atoms with E-state index < -0.39 is 30.0 Å². The van der Waals surface area contributed by atoms with Gasteiger partial charge in [-0.1, -0.05) is 35.9 Å². The van der Waals surface area contributed by atoms with Gasteiger partial charge in [0.25, 0.3) is 10.1 Å². The molecule has 0 spiro atoms. The molecule has 0 heterocycles. The highest BCUT2D eigenvalue weighted by molar-refractivity contribution is 7.87. The fraction of sp³-hybridized carbons (Fsp3) is 0.208. The van der Waals surface area contributed by atoms with Crippen molar-refractivity contribution in [1.82, 2.24) is 0 Å². The molecule has 0 amide bonds. The molecule has 2 aromatic rings. The topological polar surface area (TPSA) is 127 Å². The fourth-order valence-corrected chi connectivity index (χ4v) is 5.17. The second-order valence-corrected chi connectivity index (χ2v) is 10.6. The Balaban J connectivity index is 2.35. The maximum Gasteiger partial charge on any atom is 0.312 e. The Hall–Kier alpha value is -2.89. The van der Waals surface area contributed by atoms with Gasteiger partial charge in [-0.25, -0.2) is 4.58 Å². The summed E-state index contributed by atoms with van der Waals surface area (Å²) in [5, 5.41) is 0. The minimum Gasteiger partial charge on any atom is -0.282 e. The van der Waals surface area contributed by atoms with Crippen LogP contribution < -0.4 is 5.90 Å². The van der Waals surface area contributed by atoms with E-state index in [0.717, 1.165) is 30.4 Å². The SMILES string of the molecule is CC[N+](CC)=C1C=CC(=C(c2ccc(C)cc2)c2ccc(S(=O)(=O)ON)cc2S(=O)(=O)O)C=C1. The van der Waals surface area contributed by atoms with Crippen molar-refractivity contribution < 1.29 is 30.2 Å². The number of nitrogens with zero attached hydrogens (tertiary/aromatic N) is 1. The van der Waals surface area contributed by atoms with E-state index in [1.165, 1.54) is 12.1 Å². The minimum absolute atomic E-state index is 0.137. The molecule has 3 rings (SSSR count). The zero-order chi connectivity index (χ0) is 25.1. The molecule has 3 N–H and O–H groups in total. The number of aryl methyl sites for hydroxylation is 1. The number of benzene rings is 2. The van der Waals surface area contributed by atoms with Gasteiger partial charge in [0.1, 0.15) is 18.0 Å². The summed E-state index contributed by atoms with van der Waals surface area (Å²) in [5.74, 6) is 4.84. The van der Waals surface area contributed by atoms with E-state index in [4.69, 9.17) is 5.90 Å². The van der Waals surface area contributed by atoms with Gasteiger partial charge in [-0.05, 0) is 61.8 Å². The summed E-state index contributed by atoms with van der Waals surface area (Å²) in [6, 6.07) is 10.8. The molecule has 1 aliphatic carbocycles. The Morgan fingerprint density at radius 1 is 0.941 bits per heavy atom. The molecule has 10 heteroatoms. The molecule has 0 fully saturated rings. The maximum atomic E-state index is 12.3. The van der Waals surface area contributed by atoms with Crippen LogP contribution in [0.15, 0.2) is 82.1 Å². The van der Waals surface area contributed by atoms with Gasteiger partial charge in [-0.3, -0.25) is 4.55 Å². The molecule has 1 aliphatic rings. The monoisotopic (exact) mass is 503 g/mol. The van der Waals surface area contributed by atoms with Crippen LogP contribution in [0.3, 0.4) is 0 Å². The van der Waals surface area contributed by atoms with Crippen LogP contribution in [0.25, 0.3) is 5.57 Å². The lowest BCUT2D eigenvalue weighted by Crippen LogP contribution is -2.19. The van der Waals surface area contributed by atoms with Crippen molar-refractivity contribution in [2.45, 2.75) is 30.6 Å². The molecule has 0 atom stereocenters. The van der Waals surface area contributed by atoms with Crippen LogP contribution in [0.4, 0.5) is 0 Å². The largest absolute Gasteiger partial charge is 0.312 e. The Labute approximate surface area is 200 Å². The van der Waals surface area contributed by atoms with Crippen molar-refractivity contribution in [3.63, 3.8) is 0 Å². The lowest BCUT2D eigenvalue weighted by atomic mass is 9.90. The summed E-state index contributed by atoms with van der Waals surface area (Å²) < 4.78 is 65.0. The first-order chi connectivity index (χ1) is 16.0. The van der Waals surface area contributed by atoms with Gasteiger partial charge in [0.2, 0.25) is 0 Å². The van der Waals surface area contributed by atoms with Crippen molar-refractivity contribution in [3.05, 3.63) is 89.0 Å². The summed E-state index contributed by atoms with van der Waals surface area (Å²) in [6.45, 7) is 7.70. The molecular formula is C24H27N2O6S2+. The third kappa shape index (κ3) is 5.43. The maximum absolute atomic E-state index is 12.3. The van der Waals surface area contributed by atoms with Gasteiger partial charge in [0.05, 0.1) is 4.90 Å². The van der Waals surface area contributed by atoms with Crippen molar-refractivity contribution in [2.75, 3.05) is 13.1 Å². The second-order valence-electron chi connectivity index (χ2n) is 7.64. The van der Waals surface area contributed by atoms with E-state index in [1.807, 2.05) is 55.5 Å². The average Bonchev–Trinajstić information content (AvgIpc) is 2.81. The van der Waals surface area contributed by atoms with Gasteiger partial charge in [0.15, 0.2) is 5.71 Å². The van der Waals surface area contributed by atoms with Crippen LogP contribution >= 0.6 is 0 Å². The second kappa shape index (κ2) is 10.2. The summed E-state index contributed by atoms with van der Waals surface area (Å²) in [7, 11) is -9.20. The van der Waals surface area contributed by atoms with E-state index in [9.17, 15) is 21.4 Å². The first-order valence-corrected chi connectivity index (χ1v) is 13.4. The van der Waals surface area contributed by atoms with Gasteiger partial charge in [-0.2, -0.15) is 27.0 Å². The Kier molecular flexibility index (Phi) is 7.69. The molecule has 0 saturated carbocycles. The molecule has 0 bridgehead atoms. The Morgan fingerprint density at radius 2 is 1.53 bits per heavy atom. The number of allylic oxidation sites excluding steroid dienone is 5. The number of nitrogens with two attached hydrogens (primary N) is 1. The third-order valence-electron chi connectivity index (χ3n) is 5.54. The molecule has 0 radical (unpaired) electrons. The summed E-state index contributed by atoms with van der Waals surface area (Å²) >= 11 is 0. The first kappa shape index (κ1) is 25.7. The van der Waals surface area contributed by atoms with Crippen LogP contribution in [0.1, 0.15) is 30.5 Å². The normalized spacial score (nSPS) is 13.9. The van der Waals surface area contributed by atoms with E-state index in [1.54, 1.807) is 0 Å². The Morgan fingerprint density at radius 3 is 2.03 bits per heavy atom. The lowest BCUT2D eigenvalue weighted by Gasteiger charge is -2.17. The fourth-order valence-electron chi connectivity index (χ4n) is 3.76. The average molecular weight is 504 g/mol.